The van der Waals surface area contributed by atoms with Crippen LogP contribution in [0.25, 0.3) is 0 Å². The lowest BCUT2D eigenvalue weighted by Crippen LogP contribution is -2.32. The van der Waals surface area contributed by atoms with E-state index in [1.54, 1.807) is 6.92 Å². The second kappa shape index (κ2) is 5.92. The third kappa shape index (κ3) is 3.78. The zero-order chi connectivity index (χ0) is 13.8. The molecule has 1 aromatic carbocycles. The van der Waals surface area contributed by atoms with Gasteiger partial charge in [-0.1, -0.05) is 19.4 Å². The second-order valence-corrected chi connectivity index (χ2v) is 5.78. The zero-order valence-corrected chi connectivity index (χ0v) is 11.1. The molecule has 0 spiro atoms. The van der Waals surface area contributed by atoms with Gasteiger partial charge in [-0.05, 0) is 19.4 Å². The van der Waals surface area contributed by atoms with Crippen molar-refractivity contribution in [2.45, 2.75) is 37.6 Å². The number of nitrogens with one attached hydrogen (secondary N) is 1. The molecule has 0 heterocycles. The standard InChI is InChI=1S/C11H16N2O4S/c1-3-5-9(2)12-18(16,17)11-7-4-6-10(8-11)13(14)15/h4,6-9,12H,3,5H2,1-2H3/t9-/m0/s1. The summed E-state index contributed by atoms with van der Waals surface area (Å²) in [5.41, 5.74) is -0.235. The monoisotopic (exact) mass is 272 g/mol. The minimum atomic E-state index is -3.69. The summed E-state index contributed by atoms with van der Waals surface area (Å²) in [5, 5.41) is 10.6. The zero-order valence-electron chi connectivity index (χ0n) is 10.3. The first-order valence-electron chi connectivity index (χ1n) is 5.63. The van der Waals surface area contributed by atoms with Gasteiger partial charge in [0.25, 0.3) is 5.69 Å². The third-order valence-electron chi connectivity index (χ3n) is 2.42. The van der Waals surface area contributed by atoms with E-state index in [4.69, 9.17) is 0 Å². The van der Waals surface area contributed by atoms with Crippen molar-refractivity contribution in [1.29, 1.82) is 0 Å². The van der Waals surface area contributed by atoms with Crippen LogP contribution in [0.15, 0.2) is 29.2 Å². The van der Waals surface area contributed by atoms with E-state index < -0.39 is 14.9 Å². The number of benzene rings is 1. The molecule has 0 amide bonds. The molecule has 0 aliphatic rings. The number of hydrogen-bond acceptors (Lipinski definition) is 4. The summed E-state index contributed by atoms with van der Waals surface area (Å²) in [6.45, 7) is 3.72. The van der Waals surface area contributed by atoms with Gasteiger partial charge < -0.3 is 0 Å². The molecule has 0 aliphatic heterocycles. The molecular formula is C11H16N2O4S. The molecule has 6 nitrogen and oxygen atoms in total. The van der Waals surface area contributed by atoms with E-state index in [2.05, 4.69) is 4.72 Å². The number of nitro groups is 1. The maximum atomic E-state index is 12.0. The lowest BCUT2D eigenvalue weighted by molar-refractivity contribution is -0.385. The summed E-state index contributed by atoms with van der Waals surface area (Å²) >= 11 is 0. The van der Waals surface area contributed by atoms with Gasteiger partial charge in [-0.3, -0.25) is 10.1 Å². The highest BCUT2D eigenvalue weighted by Gasteiger charge is 2.19. The van der Waals surface area contributed by atoms with Crippen molar-refractivity contribution in [3.8, 4) is 0 Å². The first kappa shape index (κ1) is 14.6. The second-order valence-electron chi connectivity index (χ2n) is 4.07. The lowest BCUT2D eigenvalue weighted by Gasteiger charge is -2.12. The van der Waals surface area contributed by atoms with Gasteiger partial charge in [-0.25, -0.2) is 13.1 Å². The van der Waals surface area contributed by atoms with Crippen LogP contribution in [0.2, 0.25) is 0 Å². The van der Waals surface area contributed by atoms with Crippen LogP contribution in [-0.4, -0.2) is 19.4 Å². The molecule has 7 heteroatoms. The Hall–Kier alpha value is -1.47. The van der Waals surface area contributed by atoms with Gasteiger partial charge in [0.1, 0.15) is 0 Å². The molecule has 1 atom stereocenters. The predicted molar refractivity (Wildman–Crippen MR) is 67.8 cm³/mol. The topological polar surface area (TPSA) is 89.3 Å². The molecule has 0 radical (unpaired) electrons. The summed E-state index contributed by atoms with van der Waals surface area (Å²) in [7, 11) is -3.69. The Morgan fingerprint density at radius 1 is 1.44 bits per heavy atom. The van der Waals surface area contributed by atoms with Crippen LogP contribution in [0.4, 0.5) is 5.69 Å². The van der Waals surface area contributed by atoms with E-state index in [0.29, 0.717) is 6.42 Å². The Kier molecular flexibility index (Phi) is 4.80. The first-order chi connectivity index (χ1) is 8.36. The van der Waals surface area contributed by atoms with Gasteiger partial charge in [0.2, 0.25) is 10.0 Å². The Labute approximate surface area is 106 Å². The molecule has 0 aliphatic carbocycles. The van der Waals surface area contributed by atoms with Crippen molar-refractivity contribution in [3.63, 3.8) is 0 Å². The molecule has 0 saturated heterocycles. The summed E-state index contributed by atoms with van der Waals surface area (Å²) in [4.78, 5) is 9.89. The molecule has 1 rings (SSSR count). The number of non-ortho nitro benzene ring substituents is 1. The van der Waals surface area contributed by atoms with E-state index in [9.17, 15) is 18.5 Å². The van der Waals surface area contributed by atoms with Crippen molar-refractivity contribution < 1.29 is 13.3 Å². The number of nitro benzene ring substituents is 1. The van der Waals surface area contributed by atoms with Gasteiger partial charge in [-0.2, -0.15) is 0 Å². The van der Waals surface area contributed by atoms with Gasteiger partial charge in [0.05, 0.1) is 9.82 Å². The van der Waals surface area contributed by atoms with Gasteiger partial charge >= 0.3 is 0 Å². The van der Waals surface area contributed by atoms with Crippen LogP contribution in [0.3, 0.4) is 0 Å². The number of nitrogens with zero attached hydrogens (tertiary/aromatic N) is 1. The van der Waals surface area contributed by atoms with E-state index in [-0.39, 0.29) is 16.6 Å². The van der Waals surface area contributed by atoms with E-state index in [1.165, 1.54) is 18.2 Å². The minimum absolute atomic E-state index is 0.0837. The molecule has 1 N–H and O–H groups in total. The Morgan fingerprint density at radius 2 is 2.11 bits per heavy atom. The molecular weight excluding hydrogens is 256 g/mol. The fourth-order valence-electron chi connectivity index (χ4n) is 1.59. The fourth-order valence-corrected chi connectivity index (χ4v) is 2.91. The highest BCUT2D eigenvalue weighted by molar-refractivity contribution is 7.89. The average Bonchev–Trinajstić information content (AvgIpc) is 2.28. The summed E-state index contributed by atoms with van der Waals surface area (Å²) in [5.74, 6) is 0. The Morgan fingerprint density at radius 3 is 2.67 bits per heavy atom. The maximum absolute atomic E-state index is 12.0. The Balaban J connectivity index is 2.98. The van der Waals surface area contributed by atoms with Crippen LogP contribution in [0.1, 0.15) is 26.7 Å². The maximum Gasteiger partial charge on any atom is 0.270 e. The normalized spacial score (nSPS) is 13.2. The molecule has 0 aromatic heterocycles. The van der Waals surface area contributed by atoms with Crippen molar-refractivity contribution in [1.82, 2.24) is 4.72 Å². The van der Waals surface area contributed by atoms with Crippen molar-refractivity contribution in [2.24, 2.45) is 0 Å². The van der Waals surface area contributed by atoms with Crippen molar-refractivity contribution in [2.75, 3.05) is 0 Å². The van der Waals surface area contributed by atoms with Gasteiger partial charge in [0.15, 0.2) is 0 Å². The van der Waals surface area contributed by atoms with Crippen LogP contribution in [0, 0.1) is 10.1 Å². The molecule has 0 fully saturated rings. The summed E-state index contributed by atoms with van der Waals surface area (Å²) < 4.78 is 26.4. The van der Waals surface area contributed by atoms with Crippen molar-refractivity contribution >= 4 is 15.7 Å². The number of hydrogen-bond donors (Lipinski definition) is 1. The molecule has 18 heavy (non-hydrogen) atoms. The third-order valence-corrected chi connectivity index (χ3v) is 4.00. The smallest absolute Gasteiger partial charge is 0.258 e. The van der Waals surface area contributed by atoms with Crippen LogP contribution in [-0.2, 0) is 10.0 Å². The largest absolute Gasteiger partial charge is 0.270 e. The SMILES string of the molecule is CCC[C@H](C)NS(=O)(=O)c1cccc([N+](=O)[O-])c1. The summed E-state index contributed by atoms with van der Waals surface area (Å²) in [6.07, 6.45) is 1.58. The summed E-state index contributed by atoms with van der Waals surface area (Å²) in [6, 6.07) is 4.82. The average molecular weight is 272 g/mol. The molecule has 0 unspecified atom stereocenters. The first-order valence-corrected chi connectivity index (χ1v) is 7.12. The van der Waals surface area contributed by atoms with Crippen LogP contribution in [0.5, 0.6) is 0 Å². The quantitative estimate of drug-likeness (QED) is 0.634. The van der Waals surface area contributed by atoms with Gasteiger partial charge in [-0.15, -0.1) is 0 Å². The molecule has 0 bridgehead atoms. The lowest BCUT2D eigenvalue weighted by atomic mass is 10.2. The minimum Gasteiger partial charge on any atom is -0.258 e. The van der Waals surface area contributed by atoms with E-state index in [0.717, 1.165) is 12.5 Å². The Bertz CT molecular complexity index is 528. The predicted octanol–water partition coefficient (Wildman–Crippen LogP) is 2.06. The van der Waals surface area contributed by atoms with Crippen LogP contribution < -0.4 is 4.72 Å². The van der Waals surface area contributed by atoms with Crippen LogP contribution >= 0.6 is 0 Å². The number of rotatable bonds is 6. The van der Waals surface area contributed by atoms with Crippen molar-refractivity contribution in [3.05, 3.63) is 34.4 Å². The molecule has 1 aromatic rings. The molecule has 100 valence electrons. The fraction of sp³-hybridized carbons (Fsp3) is 0.455. The highest BCUT2D eigenvalue weighted by Crippen LogP contribution is 2.17. The van der Waals surface area contributed by atoms with Gasteiger partial charge in [0, 0.05) is 18.2 Å². The molecule has 0 saturated carbocycles. The highest BCUT2D eigenvalue weighted by atomic mass is 32.2. The van der Waals surface area contributed by atoms with E-state index >= 15 is 0 Å². The van der Waals surface area contributed by atoms with E-state index in [1.807, 2.05) is 6.92 Å². The number of sulfonamides is 1.